The molecule has 1 saturated heterocycles. The minimum atomic E-state index is -1.04. The Morgan fingerprint density at radius 3 is 2.43 bits per heavy atom. The van der Waals surface area contributed by atoms with Crippen LogP contribution in [0.4, 0.5) is 11.4 Å². The number of carboxylic acid groups (broad SMARTS) is 1. The number of aromatic nitrogens is 1. The SMILES string of the molecule is COc1cccc(C(=O)Nc2cc(C(=O)NC(CC(=O)O)c3cccs3)ccc2N2CC(C)N(C(=O)c3cccnc3)CC2C)c1. The van der Waals surface area contributed by atoms with Crippen LogP contribution in [-0.2, 0) is 4.79 Å². The second-order valence-corrected chi connectivity index (χ2v) is 12.1. The van der Waals surface area contributed by atoms with Crippen molar-refractivity contribution >= 4 is 46.4 Å². The zero-order valence-corrected chi connectivity index (χ0v) is 26.5. The molecule has 0 aliphatic carbocycles. The van der Waals surface area contributed by atoms with E-state index in [0.29, 0.717) is 41.3 Å². The number of nitrogens with zero attached hydrogens (tertiary/aromatic N) is 3. The third kappa shape index (κ3) is 7.35. The highest BCUT2D eigenvalue weighted by Gasteiger charge is 2.34. The molecule has 4 aromatic rings. The molecule has 3 N–H and O–H groups in total. The number of nitrogens with one attached hydrogen (secondary N) is 2. The van der Waals surface area contributed by atoms with Crippen molar-refractivity contribution in [3.63, 3.8) is 0 Å². The van der Waals surface area contributed by atoms with Crippen molar-refractivity contribution in [1.29, 1.82) is 0 Å². The Labute approximate surface area is 270 Å². The van der Waals surface area contributed by atoms with Gasteiger partial charge in [-0.15, -0.1) is 11.3 Å². The number of amides is 3. The van der Waals surface area contributed by atoms with E-state index in [1.54, 1.807) is 79.1 Å². The number of thiophene rings is 1. The first-order valence-corrected chi connectivity index (χ1v) is 15.7. The number of hydrogen-bond acceptors (Lipinski definition) is 8. The van der Waals surface area contributed by atoms with Crippen LogP contribution < -0.4 is 20.3 Å². The third-order valence-corrected chi connectivity index (χ3v) is 8.86. The normalized spacial score (nSPS) is 16.8. The van der Waals surface area contributed by atoms with Crippen molar-refractivity contribution < 1.29 is 29.0 Å². The number of hydrogen-bond donors (Lipinski definition) is 3. The average Bonchev–Trinajstić information content (AvgIpc) is 3.60. The molecule has 1 aliphatic rings. The molecule has 0 radical (unpaired) electrons. The van der Waals surface area contributed by atoms with Gasteiger partial charge in [0, 0.05) is 53.6 Å². The Hall–Kier alpha value is -5.23. The van der Waals surface area contributed by atoms with Gasteiger partial charge in [-0.2, -0.15) is 0 Å². The molecule has 2 aromatic heterocycles. The zero-order chi connectivity index (χ0) is 32.8. The van der Waals surface area contributed by atoms with Gasteiger partial charge in [-0.05, 0) is 73.8 Å². The molecule has 12 heteroatoms. The minimum Gasteiger partial charge on any atom is -0.497 e. The average molecular weight is 642 g/mol. The summed E-state index contributed by atoms with van der Waals surface area (Å²) in [4.78, 5) is 60.6. The topological polar surface area (TPSA) is 141 Å². The molecule has 1 fully saturated rings. The summed E-state index contributed by atoms with van der Waals surface area (Å²) in [5.41, 5.74) is 2.22. The molecule has 3 amide bonds. The van der Waals surface area contributed by atoms with Crippen LogP contribution in [0.3, 0.4) is 0 Å². The Morgan fingerprint density at radius 1 is 0.957 bits per heavy atom. The van der Waals surface area contributed by atoms with Gasteiger partial charge in [-0.25, -0.2) is 0 Å². The monoisotopic (exact) mass is 641 g/mol. The van der Waals surface area contributed by atoms with Gasteiger partial charge in [0.15, 0.2) is 0 Å². The third-order valence-electron chi connectivity index (χ3n) is 7.87. The highest BCUT2D eigenvalue weighted by molar-refractivity contribution is 7.10. The summed E-state index contributed by atoms with van der Waals surface area (Å²) in [6.07, 6.45) is 2.91. The number of piperazine rings is 1. The number of carbonyl (C=O) groups is 4. The van der Waals surface area contributed by atoms with Gasteiger partial charge in [0.1, 0.15) is 5.75 Å². The van der Waals surface area contributed by atoms with Gasteiger partial charge in [0.05, 0.1) is 36.5 Å². The van der Waals surface area contributed by atoms with E-state index in [1.807, 2.05) is 24.1 Å². The lowest BCUT2D eigenvalue weighted by Gasteiger charge is -2.45. The molecule has 11 nitrogen and oxygen atoms in total. The van der Waals surface area contributed by atoms with E-state index < -0.39 is 23.8 Å². The predicted octanol–water partition coefficient (Wildman–Crippen LogP) is 5.09. The smallest absolute Gasteiger partial charge is 0.305 e. The fraction of sp³-hybridized carbons (Fsp3) is 0.265. The molecule has 3 atom stereocenters. The molecule has 0 bridgehead atoms. The standard InChI is InChI=1S/C34H35N5O6S/c1-21-20-39(34(44)25-8-5-13-35-18-25)22(2)19-38(21)29-12-11-24(33(43)37-28(17-31(40)41)30-10-6-14-46-30)16-27(29)36-32(42)23-7-4-9-26(15-23)45-3/h4-16,18,21-22,28H,17,19-20H2,1-3H3,(H,36,42)(H,37,43)(H,40,41). The van der Waals surface area contributed by atoms with E-state index in [-0.39, 0.29) is 30.0 Å². The second-order valence-electron chi connectivity index (χ2n) is 11.1. The van der Waals surface area contributed by atoms with E-state index in [9.17, 15) is 24.3 Å². The summed E-state index contributed by atoms with van der Waals surface area (Å²) in [6.45, 7) is 4.87. The quantitative estimate of drug-likeness (QED) is 0.218. The maximum absolute atomic E-state index is 13.5. The van der Waals surface area contributed by atoms with Crippen molar-refractivity contribution in [1.82, 2.24) is 15.2 Å². The lowest BCUT2D eigenvalue weighted by Crippen LogP contribution is -2.58. The van der Waals surface area contributed by atoms with Crippen molar-refractivity contribution in [3.8, 4) is 5.75 Å². The zero-order valence-electron chi connectivity index (χ0n) is 25.7. The van der Waals surface area contributed by atoms with Gasteiger partial charge in [-0.1, -0.05) is 12.1 Å². The van der Waals surface area contributed by atoms with Crippen molar-refractivity contribution in [2.75, 3.05) is 30.4 Å². The molecule has 3 unspecified atom stereocenters. The van der Waals surface area contributed by atoms with Crippen LogP contribution in [0.15, 0.2) is 84.5 Å². The molecular weight excluding hydrogens is 606 g/mol. The second kappa shape index (κ2) is 14.2. The Morgan fingerprint density at radius 2 is 1.74 bits per heavy atom. The van der Waals surface area contributed by atoms with Gasteiger partial charge >= 0.3 is 5.97 Å². The minimum absolute atomic E-state index is 0.104. The summed E-state index contributed by atoms with van der Waals surface area (Å²) in [5, 5.41) is 17.1. The van der Waals surface area contributed by atoms with Crippen molar-refractivity contribution in [2.24, 2.45) is 0 Å². The van der Waals surface area contributed by atoms with Crippen LogP contribution in [0.25, 0.3) is 0 Å². The summed E-state index contributed by atoms with van der Waals surface area (Å²) >= 11 is 1.36. The largest absolute Gasteiger partial charge is 0.497 e. The van der Waals surface area contributed by atoms with Crippen LogP contribution >= 0.6 is 11.3 Å². The predicted molar refractivity (Wildman–Crippen MR) is 176 cm³/mol. The van der Waals surface area contributed by atoms with Gasteiger partial charge in [0.25, 0.3) is 17.7 Å². The lowest BCUT2D eigenvalue weighted by molar-refractivity contribution is -0.137. The summed E-state index contributed by atoms with van der Waals surface area (Å²) in [7, 11) is 1.52. The molecule has 3 heterocycles. The first kappa shape index (κ1) is 32.2. The first-order valence-electron chi connectivity index (χ1n) is 14.8. The van der Waals surface area contributed by atoms with Gasteiger partial charge in [-0.3, -0.25) is 24.2 Å². The number of methoxy groups -OCH3 is 1. The highest BCUT2D eigenvalue weighted by Crippen LogP contribution is 2.33. The fourth-order valence-electron chi connectivity index (χ4n) is 5.52. The van der Waals surface area contributed by atoms with Crippen LogP contribution in [0, 0.1) is 0 Å². The number of carbonyl (C=O) groups excluding carboxylic acids is 3. The maximum atomic E-state index is 13.5. The number of pyridine rings is 1. The number of anilines is 2. The maximum Gasteiger partial charge on any atom is 0.305 e. The highest BCUT2D eigenvalue weighted by atomic mass is 32.1. The number of aliphatic carboxylic acids is 1. The molecule has 1 aliphatic heterocycles. The Balaban J connectivity index is 1.45. The number of carboxylic acids is 1. The van der Waals surface area contributed by atoms with Crippen LogP contribution in [-0.4, -0.2) is 71.0 Å². The fourth-order valence-corrected chi connectivity index (χ4v) is 6.29. The molecular formula is C34H35N5O6S. The van der Waals surface area contributed by atoms with Gasteiger partial charge < -0.3 is 30.3 Å². The summed E-state index contributed by atoms with van der Waals surface area (Å²) in [5.74, 6) is -1.49. The Kier molecular flexibility index (Phi) is 9.97. The number of benzene rings is 2. The van der Waals surface area contributed by atoms with Crippen LogP contribution in [0.1, 0.15) is 62.3 Å². The summed E-state index contributed by atoms with van der Waals surface area (Å²) in [6, 6.07) is 17.8. The molecule has 2 aromatic carbocycles. The molecule has 0 spiro atoms. The molecule has 238 valence electrons. The molecule has 5 rings (SSSR count). The molecule has 46 heavy (non-hydrogen) atoms. The van der Waals surface area contributed by atoms with E-state index in [2.05, 4.69) is 20.5 Å². The van der Waals surface area contributed by atoms with Crippen molar-refractivity contribution in [2.45, 2.75) is 38.4 Å². The van der Waals surface area contributed by atoms with Crippen molar-refractivity contribution in [3.05, 3.63) is 106 Å². The number of rotatable bonds is 10. The van der Waals surface area contributed by atoms with Crippen LogP contribution in [0.5, 0.6) is 5.75 Å². The van der Waals surface area contributed by atoms with Crippen LogP contribution in [0.2, 0.25) is 0 Å². The van der Waals surface area contributed by atoms with E-state index in [0.717, 1.165) is 4.88 Å². The molecule has 0 saturated carbocycles. The van der Waals surface area contributed by atoms with E-state index in [1.165, 1.54) is 18.4 Å². The van der Waals surface area contributed by atoms with E-state index in [4.69, 9.17) is 4.74 Å². The first-order chi connectivity index (χ1) is 22.1. The number of ether oxygens (including phenoxy) is 1. The lowest BCUT2D eigenvalue weighted by atomic mass is 10.0. The van der Waals surface area contributed by atoms with E-state index >= 15 is 0 Å². The Bertz CT molecular complexity index is 1710. The summed E-state index contributed by atoms with van der Waals surface area (Å²) < 4.78 is 5.29. The van der Waals surface area contributed by atoms with Gasteiger partial charge in [0.2, 0.25) is 0 Å².